The Morgan fingerprint density at radius 3 is 2.67 bits per heavy atom. The minimum atomic E-state index is -0.261. The predicted octanol–water partition coefficient (Wildman–Crippen LogP) is 3.12. The van der Waals surface area contributed by atoms with E-state index in [1.54, 1.807) is 0 Å². The third-order valence-corrected chi connectivity index (χ3v) is 3.64. The summed E-state index contributed by atoms with van der Waals surface area (Å²) >= 11 is 6.09. The van der Waals surface area contributed by atoms with E-state index in [1.165, 1.54) is 18.6 Å². The Kier molecular flexibility index (Phi) is 2.98. The van der Waals surface area contributed by atoms with Crippen molar-refractivity contribution in [2.24, 2.45) is 0 Å². The molecule has 0 spiro atoms. The molecule has 0 amide bonds. The van der Waals surface area contributed by atoms with E-state index in [-0.39, 0.29) is 11.2 Å². The van der Waals surface area contributed by atoms with Gasteiger partial charge in [0.2, 0.25) is 0 Å². The number of hydrogen-bond donors (Lipinski definition) is 1. The van der Waals surface area contributed by atoms with Gasteiger partial charge in [0.15, 0.2) is 0 Å². The zero-order valence-electron chi connectivity index (χ0n) is 8.82. The highest BCUT2D eigenvalue weighted by Crippen LogP contribution is 2.45. The molecule has 1 saturated carbocycles. The topological polar surface area (TPSA) is 12.0 Å². The van der Waals surface area contributed by atoms with Crippen molar-refractivity contribution in [3.63, 3.8) is 0 Å². The Morgan fingerprint density at radius 1 is 1.47 bits per heavy atom. The molecule has 0 radical (unpaired) electrons. The van der Waals surface area contributed by atoms with Crippen LogP contribution in [-0.2, 0) is 5.41 Å². The maximum Gasteiger partial charge on any atom is 0.124 e. The van der Waals surface area contributed by atoms with Crippen LogP contribution in [0.25, 0.3) is 0 Å². The van der Waals surface area contributed by atoms with Crippen molar-refractivity contribution in [2.45, 2.75) is 24.7 Å². The Bertz CT molecular complexity index is 361. The highest BCUT2D eigenvalue weighted by molar-refractivity contribution is 6.31. The average Bonchev–Trinajstić information content (AvgIpc) is 2.12. The Hall–Kier alpha value is -0.600. The lowest BCUT2D eigenvalue weighted by atomic mass is 9.64. The van der Waals surface area contributed by atoms with Gasteiger partial charge in [0.05, 0.1) is 0 Å². The molecule has 0 unspecified atom stereocenters. The van der Waals surface area contributed by atoms with Crippen molar-refractivity contribution in [3.05, 3.63) is 34.6 Å². The second-order valence-electron chi connectivity index (χ2n) is 4.29. The SMILES string of the molecule is CNCC1(c2ccc(F)cc2Cl)CCC1. The maximum absolute atomic E-state index is 12.9. The summed E-state index contributed by atoms with van der Waals surface area (Å²) < 4.78 is 12.9. The molecule has 0 heterocycles. The number of rotatable bonds is 3. The summed E-state index contributed by atoms with van der Waals surface area (Å²) in [6.07, 6.45) is 3.51. The van der Waals surface area contributed by atoms with E-state index in [4.69, 9.17) is 11.6 Å². The number of hydrogen-bond acceptors (Lipinski definition) is 1. The summed E-state index contributed by atoms with van der Waals surface area (Å²) in [5.74, 6) is -0.261. The molecule has 1 N–H and O–H groups in total. The molecule has 1 nitrogen and oxygen atoms in total. The van der Waals surface area contributed by atoms with Gasteiger partial charge in [-0.05, 0) is 37.6 Å². The molecule has 3 heteroatoms. The van der Waals surface area contributed by atoms with Crippen LogP contribution in [0.4, 0.5) is 4.39 Å². The summed E-state index contributed by atoms with van der Waals surface area (Å²) in [5.41, 5.74) is 1.23. The minimum absolute atomic E-state index is 0.138. The molecule has 0 aromatic heterocycles. The first-order valence-corrected chi connectivity index (χ1v) is 5.66. The number of nitrogens with one attached hydrogen (secondary N) is 1. The smallest absolute Gasteiger partial charge is 0.124 e. The number of halogens is 2. The van der Waals surface area contributed by atoms with Crippen molar-refractivity contribution < 1.29 is 4.39 Å². The summed E-state index contributed by atoms with van der Waals surface area (Å²) in [7, 11) is 1.94. The van der Waals surface area contributed by atoms with E-state index in [0.29, 0.717) is 5.02 Å². The van der Waals surface area contributed by atoms with Gasteiger partial charge in [-0.1, -0.05) is 24.1 Å². The molecule has 1 aromatic carbocycles. The van der Waals surface area contributed by atoms with Crippen molar-refractivity contribution in [3.8, 4) is 0 Å². The standard InChI is InChI=1S/C12H15ClFN/c1-15-8-12(5-2-6-12)10-4-3-9(14)7-11(10)13/h3-4,7,15H,2,5-6,8H2,1H3. The number of benzene rings is 1. The third-order valence-electron chi connectivity index (χ3n) is 3.33. The molecule has 0 saturated heterocycles. The monoisotopic (exact) mass is 227 g/mol. The van der Waals surface area contributed by atoms with E-state index >= 15 is 0 Å². The van der Waals surface area contributed by atoms with Crippen molar-refractivity contribution in [1.82, 2.24) is 5.32 Å². The molecule has 0 atom stereocenters. The van der Waals surface area contributed by atoms with Crippen LogP contribution < -0.4 is 5.32 Å². The van der Waals surface area contributed by atoms with Crippen molar-refractivity contribution >= 4 is 11.6 Å². The molecule has 0 bridgehead atoms. The fourth-order valence-electron chi connectivity index (χ4n) is 2.40. The van der Waals surface area contributed by atoms with Gasteiger partial charge in [0.25, 0.3) is 0 Å². The second kappa shape index (κ2) is 4.11. The highest BCUT2D eigenvalue weighted by Gasteiger charge is 2.39. The van der Waals surface area contributed by atoms with Gasteiger partial charge in [0.1, 0.15) is 5.82 Å². The molecule has 1 fully saturated rings. The van der Waals surface area contributed by atoms with Crippen LogP contribution in [0.15, 0.2) is 18.2 Å². The van der Waals surface area contributed by atoms with Gasteiger partial charge >= 0.3 is 0 Å². The van der Waals surface area contributed by atoms with Crippen LogP contribution in [0.2, 0.25) is 5.02 Å². The molecule has 1 aliphatic rings. The van der Waals surface area contributed by atoms with E-state index in [1.807, 2.05) is 13.1 Å². The number of likely N-dealkylation sites (N-methyl/N-ethyl adjacent to an activating group) is 1. The van der Waals surface area contributed by atoms with E-state index in [9.17, 15) is 4.39 Å². The van der Waals surface area contributed by atoms with Gasteiger partial charge in [0, 0.05) is 17.0 Å². The predicted molar refractivity (Wildman–Crippen MR) is 60.9 cm³/mol. The fraction of sp³-hybridized carbons (Fsp3) is 0.500. The summed E-state index contributed by atoms with van der Waals surface area (Å²) in [6, 6.07) is 4.73. The first-order valence-electron chi connectivity index (χ1n) is 5.28. The lowest BCUT2D eigenvalue weighted by Gasteiger charge is -2.43. The molecule has 82 valence electrons. The van der Waals surface area contributed by atoms with Gasteiger partial charge in [-0.15, -0.1) is 0 Å². The molecule has 15 heavy (non-hydrogen) atoms. The van der Waals surface area contributed by atoms with Crippen LogP contribution in [-0.4, -0.2) is 13.6 Å². The Balaban J connectivity index is 2.34. The van der Waals surface area contributed by atoms with Crippen LogP contribution in [0.5, 0.6) is 0 Å². The Morgan fingerprint density at radius 2 is 2.20 bits per heavy atom. The van der Waals surface area contributed by atoms with Crippen molar-refractivity contribution in [2.75, 3.05) is 13.6 Å². The zero-order valence-corrected chi connectivity index (χ0v) is 9.57. The molecule has 0 aliphatic heterocycles. The molecule has 2 rings (SSSR count). The maximum atomic E-state index is 12.9. The van der Waals surface area contributed by atoms with Gasteiger partial charge in [-0.3, -0.25) is 0 Å². The van der Waals surface area contributed by atoms with Gasteiger partial charge in [-0.2, -0.15) is 0 Å². The van der Waals surface area contributed by atoms with Crippen LogP contribution in [0.1, 0.15) is 24.8 Å². The normalized spacial score (nSPS) is 18.6. The van der Waals surface area contributed by atoms with Gasteiger partial charge in [-0.25, -0.2) is 4.39 Å². The summed E-state index contributed by atoms with van der Waals surface area (Å²) in [5, 5.41) is 3.76. The lowest BCUT2D eigenvalue weighted by Crippen LogP contribution is -2.43. The van der Waals surface area contributed by atoms with Crippen LogP contribution in [0, 0.1) is 5.82 Å². The highest BCUT2D eigenvalue weighted by atomic mass is 35.5. The molecular weight excluding hydrogens is 213 g/mol. The van der Waals surface area contributed by atoms with Crippen molar-refractivity contribution in [1.29, 1.82) is 0 Å². The average molecular weight is 228 g/mol. The summed E-state index contributed by atoms with van der Waals surface area (Å²) in [4.78, 5) is 0. The van der Waals surface area contributed by atoms with Crippen LogP contribution >= 0.6 is 11.6 Å². The molecule has 1 aliphatic carbocycles. The lowest BCUT2D eigenvalue weighted by molar-refractivity contribution is 0.239. The fourth-order valence-corrected chi connectivity index (χ4v) is 2.77. The van der Waals surface area contributed by atoms with E-state index < -0.39 is 0 Å². The summed E-state index contributed by atoms with van der Waals surface area (Å²) in [6.45, 7) is 0.915. The minimum Gasteiger partial charge on any atom is -0.319 e. The molecular formula is C12H15ClFN. The van der Waals surface area contributed by atoms with Gasteiger partial charge < -0.3 is 5.32 Å². The largest absolute Gasteiger partial charge is 0.319 e. The molecule has 1 aromatic rings. The first kappa shape index (κ1) is 10.9. The third kappa shape index (κ3) is 1.88. The second-order valence-corrected chi connectivity index (χ2v) is 4.70. The quantitative estimate of drug-likeness (QED) is 0.837. The first-order chi connectivity index (χ1) is 7.18. The van der Waals surface area contributed by atoms with E-state index in [0.717, 1.165) is 24.9 Å². The van der Waals surface area contributed by atoms with E-state index in [2.05, 4.69) is 5.32 Å². The zero-order chi connectivity index (χ0) is 10.9. The van der Waals surface area contributed by atoms with Crippen LogP contribution in [0.3, 0.4) is 0 Å². The Labute approximate surface area is 94.6 Å².